The first kappa shape index (κ1) is 34.0. The fraction of sp³-hybridized carbons (Fsp3) is 0.515. The highest BCUT2D eigenvalue weighted by molar-refractivity contribution is 5.88. The van der Waals surface area contributed by atoms with E-state index >= 15 is 0 Å². The van der Waals surface area contributed by atoms with Gasteiger partial charge in [0.1, 0.15) is 65.4 Å². The van der Waals surface area contributed by atoms with E-state index in [0.717, 1.165) is 37.5 Å². The Balaban J connectivity index is 1.44. The van der Waals surface area contributed by atoms with Crippen molar-refractivity contribution in [2.75, 3.05) is 6.61 Å². The van der Waals surface area contributed by atoms with Gasteiger partial charge in [0.05, 0.1) is 5.56 Å². The molecule has 0 unspecified atom stereocenters. The Bertz CT molecular complexity index is 1520. The van der Waals surface area contributed by atoms with Crippen LogP contribution in [0.25, 0.3) is 22.3 Å². The monoisotopic (exact) mass is 630 g/mol. The van der Waals surface area contributed by atoms with E-state index in [-0.39, 0.29) is 34.5 Å². The third-order valence-electron chi connectivity index (χ3n) is 8.16. The van der Waals surface area contributed by atoms with E-state index < -0.39 is 71.3 Å². The van der Waals surface area contributed by atoms with Crippen LogP contribution in [0.2, 0.25) is 0 Å². The number of aliphatic hydroxyl groups excluding tert-OH is 3. The van der Waals surface area contributed by atoms with Crippen LogP contribution in [0.15, 0.2) is 39.5 Å². The van der Waals surface area contributed by atoms with Crippen LogP contribution in [0.3, 0.4) is 0 Å². The number of aliphatic hydroxyl groups is 3. The van der Waals surface area contributed by atoms with Crippen molar-refractivity contribution in [3.05, 3.63) is 46.1 Å². The topological polar surface area (TPSA) is 207 Å². The van der Waals surface area contributed by atoms with Gasteiger partial charge in [0.25, 0.3) is 0 Å². The minimum absolute atomic E-state index is 0.0360. The third-order valence-corrected chi connectivity index (χ3v) is 8.16. The maximum Gasteiger partial charge on any atom is 0.305 e. The standard InChI is InChI=1S/C33H42O12/c1-2-3-4-5-6-7-8-9-10-11-26(38)43-17-25-29(39)31(41)32(42)33(45-25)28-22(37)16-24-27(30(28)40)21(36)15-23(44-24)18-12-13-19(34)20(35)14-18/h12-16,25,29,31-35,37,39-42H,2-11,17H2,1H3/t25-,29-,31+,32-,33+/m1/s1. The van der Waals surface area contributed by atoms with E-state index in [1.54, 1.807) is 0 Å². The van der Waals surface area contributed by atoms with Gasteiger partial charge < -0.3 is 49.6 Å². The lowest BCUT2D eigenvalue weighted by Crippen LogP contribution is -2.55. The number of hydrogen-bond acceptors (Lipinski definition) is 12. The molecule has 1 aliphatic rings. The summed E-state index contributed by atoms with van der Waals surface area (Å²) < 4.78 is 16.7. The minimum atomic E-state index is -1.84. The van der Waals surface area contributed by atoms with E-state index in [9.17, 15) is 45.3 Å². The Morgan fingerprint density at radius 1 is 0.800 bits per heavy atom. The van der Waals surface area contributed by atoms with Gasteiger partial charge in [-0.05, 0) is 24.6 Å². The molecule has 0 spiro atoms. The maximum absolute atomic E-state index is 13.1. The average Bonchev–Trinajstić information content (AvgIpc) is 3.00. The molecule has 246 valence electrons. The average molecular weight is 631 g/mol. The molecule has 12 heteroatoms. The minimum Gasteiger partial charge on any atom is -0.507 e. The SMILES string of the molecule is CCCCCCCCCCCC(=O)OC[C@H]1O[C@@H](c2c(O)cc3oc(-c4ccc(O)c(O)c4)cc(=O)c3c2O)[C@H](O)[C@@H](O)[C@@H]1O. The molecule has 1 aromatic heterocycles. The molecular formula is C33H42O12. The van der Waals surface area contributed by atoms with Gasteiger partial charge in [0.2, 0.25) is 0 Å². The second-order valence-electron chi connectivity index (χ2n) is 11.5. The Hall–Kier alpha value is -3.84. The molecule has 1 fully saturated rings. The Morgan fingerprint density at radius 2 is 1.47 bits per heavy atom. The largest absolute Gasteiger partial charge is 0.507 e. The van der Waals surface area contributed by atoms with Gasteiger partial charge in [-0.3, -0.25) is 9.59 Å². The van der Waals surface area contributed by atoms with Gasteiger partial charge in [-0.1, -0.05) is 58.3 Å². The molecule has 0 amide bonds. The van der Waals surface area contributed by atoms with Crippen molar-refractivity contribution >= 4 is 16.9 Å². The van der Waals surface area contributed by atoms with Crippen molar-refractivity contribution in [2.45, 2.75) is 102 Å². The molecule has 7 N–H and O–H groups in total. The number of unbranched alkanes of at least 4 members (excludes halogenated alkanes) is 8. The summed E-state index contributed by atoms with van der Waals surface area (Å²) in [5, 5.41) is 72.7. The molecule has 0 saturated carbocycles. The fourth-order valence-corrected chi connectivity index (χ4v) is 5.56. The molecule has 12 nitrogen and oxygen atoms in total. The molecule has 0 aliphatic carbocycles. The molecule has 0 radical (unpaired) electrons. The number of carbonyl (C=O) groups is 1. The van der Waals surface area contributed by atoms with Crippen LogP contribution in [0.5, 0.6) is 23.0 Å². The first-order valence-electron chi connectivity index (χ1n) is 15.4. The summed E-state index contributed by atoms with van der Waals surface area (Å²) in [5.41, 5.74) is -1.19. The molecule has 2 heterocycles. The number of ether oxygens (including phenoxy) is 2. The van der Waals surface area contributed by atoms with Crippen molar-refractivity contribution in [1.82, 2.24) is 0 Å². The molecule has 3 aromatic rings. The van der Waals surface area contributed by atoms with Crippen molar-refractivity contribution < 1.29 is 54.4 Å². The summed E-state index contributed by atoms with van der Waals surface area (Å²) in [5.74, 6) is -2.82. The lowest BCUT2D eigenvalue weighted by Gasteiger charge is -2.40. The molecular weight excluding hydrogens is 588 g/mol. The number of aromatic hydroxyl groups is 4. The van der Waals surface area contributed by atoms with Crippen molar-refractivity contribution in [3.8, 4) is 34.3 Å². The van der Waals surface area contributed by atoms with Gasteiger partial charge >= 0.3 is 5.97 Å². The number of hydrogen-bond donors (Lipinski definition) is 7. The summed E-state index contributed by atoms with van der Waals surface area (Å²) in [4.78, 5) is 25.4. The highest BCUT2D eigenvalue weighted by atomic mass is 16.6. The first-order chi connectivity index (χ1) is 21.5. The zero-order valence-electron chi connectivity index (χ0n) is 25.2. The summed E-state index contributed by atoms with van der Waals surface area (Å²) >= 11 is 0. The number of esters is 1. The van der Waals surface area contributed by atoms with Gasteiger partial charge in [0, 0.05) is 24.1 Å². The molecule has 1 saturated heterocycles. The quantitative estimate of drug-likeness (QED) is 0.0757. The highest BCUT2D eigenvalue weighted by Crippen LogP contribution is 2.45. The van der Waals surface area contributed by atoms with Crippen molar-refractivity contribution in [3.63, 3.8) is 0 Å². The first-order valence-corrected chi connectivity index (χ1v) is 15.4. The molecule has 1 aliphatic heterocycles. The number of benzene rings is 2. The Labute approximate surface area is 260 Å². The van der Waals surface area contributed by atoms with Crippen LogP contribution in [-0.4, -0.2) is 72.7 Å². The summed E-state index contributed by atoms with van der Waals surface area (Å²) in [6.45, 7) is 1.72. The van der Waals surface area contributed by atoms with E-state index in [2.05, 4.69) is 6.92 Å². The normalized spacial score (nSPS) is 21.6. The number of phenolic OH excluding ortho intramolecular Hbond substituents is 4. The number of rotatable bonds is 14. The lowest BCUT2D eigenvalue weighted by molar-refractivity contribution is -0.235. The highest BCUT2D eigenvalue weighted by Gasteiger charge is 2.46. The number of phenols is 4. The predicted octanol–water partition coefficient (Wildman–Crippen LogP) is 4.27. The van der Waals surface area contributed by atoms with Gasteiger partial charge in [-0.15, -0.1) is 0 Å². The van der Waals surface area contributed by atoms with Crippen molar-refractivity contribution in [1.29, 1.82) is 0 Å². The molecule has 2 aromatic carbocycles. The number of fused-ring (bicyclic) bond motifs is 1. The van der Waals surface area contributed by atoms with Crippen LogP contribution in [-0.2, 0) is 14.3 Å². The third kappa shape index (κ3) is 8.06. The maximum atomic E-state index is 13.1. The van der Waals surface area contributed by atoms with Crippen LogP contribution in [0, 0.1) is 0 Å². The Morgan fingerprint density at radius 3 is 2.13 bits per heavy atom. The summed E-state index contributed by atoms with van der Waals surface area (Å²) in [7, 11) is 0. The summed E-state index contributed by atoms with van der Waals surface area (Å²) in [6.07, 6.45) is 1.68. The van der Waals surface area contributed by atoms with Gasteiger partial charge in [0.15, 0.2) is 16.9 Å². The molecule has 0 bridgehead atoms. The van der Waals surface area contributed by atoms with E-state index in [1.165, 1.54) is 44.2 Å². The zero-order chi connectivity index (χ0) is 32.7. The van der Waals surface area contributed by atoms with Crippen LogP contribution < -0.4 is 5.43 Å². The molecule has 45 heavy (non-hydrogen) atoms. The summed E-state index contributed by atoms with van der Waals surface area (Å²) in [6, 6.07) is 5.79. The van der Waals surface area contributed by atoms with Crippen molar-refractivity contribution in [2.24, 2.45) is 0 Å². The van der Waals surface area contributed by atoms with E-state index in [1.807, 2.05) is 0 Å². The molecule has 5 atom stereocenters. The van der Waals surface area contributed by atoms with Crippen LogP contribution in [0.1, 0.15) is 82.8 Å². The second kappa shape index (κ2) is 15.4. The Kier molecular flexibility index (Phi) is 11.7. The number of carbonyl (C=O) groups excluding carboxylic acids is 1. The van der Waals surface area contributed by atoms with Gasteiger partial charge in [-0.2, -0.15) is 0 Å². The van der Waals surface area contributed by atoms with E-state index in [4.69, 9.17) is 13.9 Å². The van der Waals surface area contributed by atoms with Crippen LogP contribution >= 0.6 is 0 Å². The predicted molar refractivity (Wildman–Crippen MR) is 163 cm³/mol. The molecule has 4 rings (SSSR count). The van der Waals surface area contributed by atoms with E-state index in [0.29, 0.717) is 6.42 Å². The zero-order valence-corrected chi connectivity index (χ0v) is 25.2. The second-order valence-corrected chi connectivity index (χ2v) is 11.5. The smallest absolute Gasteiger partial charge is 0.305 e. The van der Waals surface area contributed by atoms with Crippen LogP contribution in [0.4, 0.5) is 0 Å². The lowest BCUT2D eigenvalue weighted by atomic mass is 9.89. The fourth-order valence-electron chi connectivity index (χ4n) is 5.56. The van der Waals surface area contributed by atoms with Gasteiger partial charge in [-0.25, -0.2) is 0 Å².